The third-order valence-corrected chi connectivity index (χ3v) is 6.11. The fourth-order valence-corrected chi connectivity index (χ4v) is 4.59. The van der Waals surface area contributed by atoms with Crippen molar-refractivity contribution in [1.82, 2.24) is 29.8 Å². The lowest BCUT2D eigenvalue weighted by atomic mass is 10.2. The lowest BCUT2D eigenvalue weighted by Gasteiger charge is -2.08. The molecule has 0 unspecified atom stereocenters. The number of tetrazole rings is 1. The largest absolute Gasteiger partial charge is 0.319 e. The summed E-state index contributed by atoms with van der Waals surface area (Å²) in [6, 6.07) is 4.16. The number of nitrogens with zero attached hydrogens (tertiary/aromatic N) is 6. The molecule has 4 aromatic rings. The number of halogens is 1. The van der Waals surface area contributed by atoms with E-state index in [9.17, 15) is 14.0 Å². The maximum atomic E-state index is 14.3. The molecule has 0 radical (unpaired) electrons. The van der Waals surface area contributed by atoms with Crippen molar-refractivity contribution in [2.45, 2.75) is 26.3 Å². The van der Waals surface area contributed by atoms with E-state index in [1.807, 2.05) is 0 Å². The summed E-state index contributed by atoms with van der Waals surface area (Å²) in [5.41, 5.74) is 0.921. The number of aryl methyl sites for hydroxylation is 2. The third-order valence-electron chi connectivity index (χ3n) is 4.93. The van der Waals surface area contributed by atoms with Crippen molar-refractivity contribution < 1.29 is 9.18 Å². The van der Waals surface area contributed by atoms with Crippen LogP contribution < -0.4 is 10.9 Å². The second-order valence-electron chi connectivity index (χ2n) is 6.70. The van der Waals surface area contributed by atoms with Gasteiger partial charge in [-0.25, -0.2) is 14.1 Å². The number of hydrogen-bond donors (Lipinski definition) is 1. The summed E-state index contributed by atoms with van der Waals surface area (Å²) < 4.78 is 17.3. The number of benzene rings is 1. The highest BCUT2D eigenvalue weighted by Crippen LogP contribution is 2.30. The molecule has 0 bridgehead atoms. The molecule has 0 fully saturated rings. The predicted octanol–water partition coefficient (Wildman–Crippen LogP) is 2.08. The molecular weight excluding hydrogens is 397 g/mol. The first kappa shape index (κ1) is 17.6. The van der Waals surface area contributed by atoms with E-state index in [0.29, 0.717) is 32.9 Å². The molecular formula is C18H14FN7O2S. The van der Waals surface area contributed by atoms with Gasteiger partial charge in [-0.2, -0.15) is 0 Å². The van der Waals surface area contributed by atoms with E-state index in [4.69, 9.17) is 0 Å². The Kier molecular flexibility index (Phi) is 3.98. The lowest BCUT2D eigenvalue weighted by Crippen LogP contribution is -2.20. The zero-order chi connectivity index (χ0) is 20.1. The Hall–Kier alpha value is -3.47. The van der Waals surface area contributed by atoms with Crippen LogP contribution in [0.15, 0.2) is 29.3 Å². The van der Waals surface area contributed by atoms with E-state index < -0.39 is 11.7 Å². The normalized spacial score (nSPS) is 13.0. The number of rotatable bonds is 3. The van der Waals surface area contributed by atoms with Crippen LogP contribution in [0.1, 0.15) is 27.5 Å². The molecule has 0 aliphatic carbocycles. The first-order valence-electron chi connectivity index (χ1n) is 8.90. The quantitative estimate of drug-likeness (QED) is 0.553. The molecule has 1 aliphatic rings. The van der Waals surface area contributed by atoms with Crippen LogP contribution in [0.25, 0.3) is 15.9 Å². The fourth-order valence-electron chi connectivity index (χ4n) is 3.50. The van der Waals surface area contributed by atoms with Crippen LogP contribution in [0.2, 0.25) is 0 Å². The van der Waals surface area contributed by atoms with Gasteiger partial charge in [0.2, 0.25) is 0 Å². The van der Waals surface area contributed by atoms with Crippen LogP contribution in [0, 0.1) is 12.7 Å². The molecule has 1 amide bonds. The molecule has 0 atom stereocenters. The molecule has 0 saturated carbocycles. The Morgan fingerprint density at radius 1 is 1.34 bits per heavy atom. The predicted molar refractivity (Wildman–Crippen MR) is 104 cm³/mol. The minimum atomic E-state index is -0.592. The van der Waals surface area contributed by atoms with Crippen molar-refractivity contribution in [3.63, 3.8) is 0 Å². The number of anilines is 1. The molecule has 0 saturated heterocycles. The van der Waals surface area contributed by atoms with E-state index >= 15 is 0 Å². The van der Waals surface area contributed by atoms with Gasteiger partial charge in [-0.05, 0) is 47.5 Å². The molecule has 1 N–H and O–H groups in total. The molecule has 1 aromatic carbocycles. The number of hydrogen-bond acceptors (Lipinski definition) is 7. The second-order valence-corrected chi connectivity index (χ2v) is 7.70. The maximum Gasteiger partial charge on any atom is 0.266 e. The van der Waals surface area contributed by atoms with Gasteiger partial charge in [-0.1, -0.05) is 0 Å². The summed E-state index contributed by atoms with van der Waals surface area (Å²) in [5, 5.41) is 13.9. The van der Waals surface area contributed by atoms with Crippen molar-refractivity contribution in [2.24, 2.45) is 0 Å². The first-order chi connectivity index (χ1) is 14.0. The Balaban J connectivity index is 1.53. The zero-order valence-corrected chi connectivity index (χ0v) is 16.0. The smallest absolute Gasteiger partial charge is 0.266 e. The van der Waals surface area contributed by atoms with Gasteiger partial charge in [-0.3, -0.25) is 14.2 Å². The number of fused-ring (bicyclic) bond motifs is 2. The van der Waals surface area contributed by atoms with E-state index in [2.05, 4.69) is 25.8 Å². The van der Waals surface area contributed by atoms with Crippen LogP contribution in [-0.4, -0.2) is 35.7 Å². The average Bonchev–Trinajstić information content (AvgIpc) is 3.44. The van der Waals surface area contributed by atoms with Gasteiger partial charge in [-0.15, -0.1) is 16.4 Å². The summed E-state index contributed by atoms with van der Waals surface area (Å²) in [4.78, 5) is 31.1. The standard InChI is InChI=1S/C18H14FN7O2S/c1-9-14-17(22-13-3-2-6-25(13)18(14)28)29-15(9)16(27)21-12-7-10(4-5-11(12)19)26-8-20-23-24-26/h4-5,7-8H,2-3,6H2,1H3,(H,21,27). The molecule has 29 heavy (non-hydrogen) atoms. The molecule has 11 heteroatoms. The highest BCUT2D eigenvalue weighted by Gasteiger charge is 2.23. The van der Waals surface area contributed by atoms with Crippen molar-refractivity contribution in [3.05, 3.63) is 57.0 Å². The molecule has 1 aliphatic heterocycles. The molecule has 4 heterocycles. The third kappa shape index (κ3) is 2.81. The van der Waals surface area contributed by atoms with Crippen molar-refractivity contribution in [1.29, 1.82) is 0 Å². The molecule has 5 rings (SSSR count). The summed E-state index contributed by atoms with van der Waals surface area (Å²) >= 11 is 1.14. The summed E-state index contributed by atoms with van der Waals surface area (Å²) in [6.07, 6.45) is 3.01. The Morgan fingerprint density at radius 3 is 3.00 bits per heavy atom. The van der Waals surface area contributed by atoms with Gasteiger partial charge >= 0.3 is 0 Å². The average molecular weight is 411 g/mol. The Morgan fingerprint density at radius 2 is 2.21 bits per heavy atom. The summed E-state index contributed by atoms with van der Waals surface area (Å²) in [5.74, 6) is -0.343. The number of carbonyl (C=O) groups excluding carboxylic acids is 1. The fraction of sp³-hybridized carbons (Fsp3) is 0.222. The van der Waals surface area contributed by atoms with Gasteiger partial charge in [0.1, 0.15) is 22.8 Å². The van der Waals surface area contributed by atoms with Gasteiger partial charge in [0, 0.05) is 13.0 Å². The van der Waals surface area contributed by atoms with Crippen LogP contribution in [0.4, 0.5) is 10.1 Å². The summed E-state index contributed by atoms with van der Waals surface area (Å²) in [6.45, 7) is 2.36. The van der Waals surface area contributed by atoms with E-state index in [1.54, 1.807) is 11.5 Å². The highest BCUT2D eigenvalue weighted by atomic mass is 32.1. The van der Waals surface area contributed by atoms with Gasteiger partial charge in [0.25, 0.3) is 11.5 Å². The van der Waals surface area contributed by atoms with Crippen LogP contribution in [0.5, 0.6) is 0 Å². The number of nitrogens with one attached hydrogen (secondary N) is 1. The topological polar surface area (TPSA) is 108 Å². The highest BCUT2D eigenvalue weighted by molar-refractivity contribution is 7.20. The minimum absolute atomic E-state index is 0.00738. The van der Waals surface area contributed by atoms with Gasteiger partial charge in [0.15, 0.2) is 0 Å². The molecule has 9 nitrogen and oxygen atoms in total. The Bertz CT molecular complexity index is 1330. The Labute approximate surface area is 166 Å². The monoisotopic (exact) mass is 411 g/mol. The SMILES string of the molecule is Cc1c(C(=O)Nc2cc(-n3cnnn3)ccc2F)sc2nc3n(c(=O)c12)CCC3. The van der Waals surface area contributed by atoms with Crippen LogP contribution in [0.3, 0.4) is 0 Å². The molecule has 146 valence electrons. The molecule has 0 spiro atoms. The van der Waals surface area contributed by atoms with Gasteiger partial charge in [0.05, 0.1) is 21.6 Å². The molecule has 3 aromatic heterocycles. The zero-order valence-electron chi connectivity index (χ0n) is 15.2. The number of amides is 1. The minimum Gasteiger partial charge on any atom is -0.319 e. The first-order valence-corrected chi connectivity index (χ1v) is 9.71. The van der Waals surface area contributed by atoms with E-state index in [-0.39, 0.29) is 11.2 Å². The second kappa shape index (κ2) is 6.55. The van der Waals surface area contributed by atoms with Crippen LogP contribution >= 0.6 is 11.3 Å². The van der Waals surface area contributed by atoms with Crippen molar-refractivity contribution >= 4 is 33.1 Å². The van der Waals surface area contributed by atoms with Crippen molar-refractivity contribution in [2.75, 3.05) is 5.32 Å². The van der Waals surface area contributed by atoms with Crippen molar-refractivity contribution in [3.8, 4) is 5.69 Å². The maximum absolute atomic E-state index is 14.3. The van der Waals surface area contributed by atoms with Gasteiger partial charge < -0.3 is 5.32 Å². The summed E-state index contributed by atoms with van der Waals surface area (Å²) in [7, 11) is 0. The lowest BCUT2D eigenvalue weighted by molar-refractivity contribution is 0.102. The van der Waals surface area contributed by atoms with E-state index in [1.165, 1.54) is 29.2 Å². The van der Waals surface area contributed by atoms with Crippen LogP contribution in [-0.2, 0) is 13.0 Å². The number of aromatic nitrogens is 6. The number of thiophene rings is 1. The number of carbonyl (C=O) groups is 1. The van der Waals surface area contributed by atoms with E-state index in [0.717, 1.165) is 30.0 Å².